The van der Waals surface area contributed by atoms with Crippen LogP contribution in [-0.4, -0.2) is 49.4 Å². The Morgan fingerprint density at radius 2 is 1.93 bits per heavy atom. The van der Waals surface area contributed by atoms with Crippen LogP contribution in [0.2, 0.25) is 0 Å². The number of hydrogen-bond acceptors (Lipinski definition) is 4. The number of benzene rings is 2. The maximum absolute atomic E-state index is 13.7. The molecule has 1 N–H and O–H groups in total. The number of halogens is 1. The van der Waals surface area contributed by atoms with Gasteiger partial charge < -0.3 is 10.1 Å². The van der Waals surface area contributed by atoms with Crippen molar-refractivity contribution in [2.75, 3.05) is 38.6 Å². The lowest BCUT2D eigenvalue weighted by molar-refractivity contribution is -0.128. The molecule has 1 saturated heterocycles. The average Bonchev–Trinajstić information content (AvgIpc) is 2.70. The van der Waals surface area contributed by atoms with Gasteiger partial charge in [0.15, 0.2) is 0 Å². The van der Waals surface area contributed by atoms with Gasteiger partial charge >= 0.3 is 0 Å². The van der Waals surface area contributed by atoms with Crippen LogP contribution in [0.25, 0.3) is 0 Å². The van der Waals surface area contributed by atoms with Gasteiger partial charge in [0.2, 0.25) is 5.91 Å². The first-order chi connectivity index (χ1) is 13.2. The molecule has 6 heteroatoms. The summed E-state index contributed by atoms with van der Waals surface area (Å²) in [4.78, 5) is 14.9. The summed E-state index contributed by atoms with van der Waals surface area (Å²) in [5, 5.41) is 3.02. The summed E-state index contributed by atoms with van der Waals surface area (Å²) in [5.74, 6) is 1.35. The maximum atomic E-state index is 13.7. The van der Waals surface area contributed by atoms with Gasteiger partial charge in [0.1, 0.15) is 11.9 Å². The quantitative estimate of drug-likeness (QED) is 0.705. The van der Waals surface area contributed by atoms with Crippen molar-refractivity contribution in [2.45, 2.75) is 11.8 Å². The van der Waals surface area contributed by atoms with Crippen molar-refractivity contribution >= 4 is 17.7 Å². The highest BCUT2D eigenvalue weighted by Crippen LogP contribution is 2.23. The minimum atomic E-state index is -0.483. The normalized spacial score (nSPS) is 16.0. The predicted molar refractivity (Wildman–Crippen MR) is 107 cm³/mol. The van der Waals surface area contributed by atoms with E-state index in [1.165, 1.54) is 17.7 Å². The summed E-state index contributed by atoms with van der Waals surface area (Å²) in [6, 6.07) is 16.1. The Labute approximate surface area is 164 Å². The van der Waals surface area contributed by atoms with Crippen molar-refractivity contribution in [1.29, 1.82) is 0 Å². The average molecular weight is 389 g/mol. The molecule has 0 aliphatic carbocycles. The smallest absolute Gasteiger partial charge is 0.241 e. The van der Waals surface area contributed by atoms with E-state index in [1.807, 2.05) is 24.3 Å². The predicted octanol–water partition coefficient (Wildman–Crippen LogP) is 3.25. The van der Waals surface area contributed by atoms with Crippen molar-refractivity contribution in [3.8, 4) is 0 Å². The molecule has 4 nitrogen and oxygen atoms in total. The van der Waals surface area contributed by atoms with Crippen LogP contribution in [0.4, 0.5) is 4.39 Å². The van der Waals surface area contributed by atoms with Gasteiger partial charge in [-0.15, -0.1) is 0 Å². The number of nitrogens with zero attached hydrogens (tertiary/aromatic N) is 1. The summed E-state index contributed by atoms with van der Waals surface area (Å²) >= 11 is 1.79. The highest BCUT2D eigenvalue weighted by Gasteiger charge is 2.29. The lowest BCUT2D eigenvalue weighted by atomic mass is 10.0. The van der Waals surface area contributed by atoms with Crippen LogP contribution < -0.4 is 5.32 Å². The largest absolute Gasteiger partial charge is 0.379 e. The first-order valence-corrected chi connectivity index (χ1v) is 10.4. The van der Waals surface area contributed by atoms with Crippen LogP contribution in [0.15, 0.2) is 54.6 Å². The molecule has 2 aromatic rings. The zero-order chi connectivity index (χ0) is 18.9. The molecule has 1 unspecified atom stereocenters. The van der Waals surface area contributed by atoms with Gasteiger partial charge in [0.25, 0.3) is 0 Å². The van der Waals surface area contributed by atoms with Crippen LogP contribution in [0.1, 0.15) is 17.2 Å². The minimum absolute atomic E-state index is 0.0807. The fraction of sp³-hybridized carbons (Fsp3) is 0.381. The molecule has 1 aliphatic heterocycles. The summed E-state index contributed by atoms with van der Waals surface area (Å²) in [5.41, 5.74) is 1.96. The molecule has 0 aromatic heterocycles. The fourth-order valence-corrected chi connectivity index (χ4v) is 3.97. The van der Waals surface area contributed by atoms with Crippen LogP contribution in [0, 0.1) is 5.82 Å². The van der Waals surface area contributed by atoms with Crippen LogP contribution in [0.5, 0.6) is 0 Å². The Bertz CT molecular complexity index is 723. The zero-order valence-electron chi connectivity index (χ0n) is 15.3. The molecule has 27 heavy (non-hydrogen) atoms. The van der Waals surface area contributed by atoms with E-state index in [2.05, 4.69) is 22.3 Å². The Hall–Kier alpha value is -1.89. The van der Waals surface area contributed by atoms with Gasteiger partial charge in [0, 0.05) is 31.1 Å². The minimum Gasteiger partial charge on any atom is -0.379 e. The second kappa shape index (κ2) is 10.4. The molecule has 2 aromatic carbocycles. The summed E-state index contributed by atoms with van der Waals surface area (Å²) in [7, 11) is 0. The Morgan fingerprint density at radius 3 is 2.67 bits per heavy atom. The summed E-state index contributed by atoms with van der Waals surface area (Å²) in [6.07, 6.45) is 0. The number of carbonyl (C=O) groups excluding carboxylic acids is 1. The SMILES string of the molecule is O=C(NCCSCc1ccccc1)C(c1cccc(F)c1)N1CCOCC1. The number of ether oxygens (including phenoxy) is 1. The second-order valence-electron chi connectivity index (χ2n) is 6.44. The van der Waals surface area contributed by atoms with Crippen LogP contribution in [0.3, 0.4) is 0 Å². The third-order valence-electron chi connectivity index (χ3n) is 4.48. The number of thioether (sulfide) groups is 1. The molecule has 1 aliphatic rings. The first-order valence-electron chi connectivity index (χ1n) is 9.20. The first kappa shape index (κ1) is 19.9. The van der Waals surface area contributed by atoms with Gasteiger partial charge in [-0.2, -0.15) is 11.8 Å². The van der Waals surface area contributed by atoms with Crippen LogP contribution in [-0.2, 0) is 15.3 Å². The van der Waals surface area contributed by atoms with Crippen molar-refractivity contribution in [3.63, 3.8) is 0 Å². The molecular weight excluding hydrogens is 363 g/mol. The van der Waals surface area contributed by atoms with E-state index in [9.17, 15) is 9.18 Å². The fourth-order valence-electron chi connectivity index (χ4n) is 3.15. The maximum Gasteiger partial charge on any atom is 0.241 e. The number of nitrogens with one attached hydrogen (secondary N) is 1. The number of rotatable bonds is 8. The summed E-state index contributed by atoms with van der Waals surface area (Å²) in [6.45, 7) is 3.10. The molecular formula is C21H25FN2O2S. The van der Waals surface area contributed by atoms with E-state index >= 15 is 0 Å². The monoisotopic (exact) mass is 388 g/mol. The number of amides is 1. The molecule has 0 bridgehead atoms. The standard InChI is InChI=1S/C21H25FN2O2S/c22-19-8-4-7-18(15-19)20(24-10-12-26-13-11-24)21(25)23-9-14-27-16-17-5-2-1-3-6-17/h1-8,15,20H,9-14,16H2,(H,23,25). The molecule has 1 fully saturated rings. The van der Waals surface area contributed by atoms with Gasteiger partial charge in [0.05, 0.1) is 13.2 Å². The van der Waals surface area contributed by atoms with E-state index in [0.29, 0.717) is 38.4 Å². The van der Waals surface area contributed by atoms with Gasteiger partial charge in [-0.3, -0.25) is 9.69 Å². The zero-order valence-corrected chi connectivity index (χ0v) is 16.1. The molecule has 0 radical (unpaired) electrons. The molecule has 144 valence electrons. The Balaban J connectivity index is 1.54. The van der Waals surface area contributed by atoms with E-state index < -0.39 is 6.04 Å². The van der Waals surface area contributed by atoms with Gasteiger partial charge in [-0.1, -0.05) is 42.5 Å². The lowest BCUT2D eigenvalue weighted by Crippen LogP contribution is -2.46. The molecule has 1 amide bonds. The molecule has 0 saturated carbocycles. The number of carbonyl (C=O) groups is 1. The van der Waals surface area contributed by atoms with Crippen LogP contribution >= 0.6 is 11.8 Å². The lowest BCUT2D eigenvalue weighted by Gasteiger charge is -2.33. The third-order valence-corrected chi connectivity index (χ3v) is 5.51. The van der Waals surface area contributed by atoms with Crippen molar-refractivity contribution < 1.29 is 13.9 Å². The second-order valence-corrected chi connectivity index (χ2v) is 7.54. The highest BCUT2D eigenvalue weighted by atomic mass is 32.2. The molecule has 1 heterocycles. The Morgan fingerprint density at radius 1 is 1.15 bits per heavy atom. The number of hydrogen-bond donors (Lipinski definition) is 1. The number of morpholine rings is 1. The van der Waals surface area contributed by atoms with E-state index in [4.69, 9.17) is 4.74 Å². The van der Waals surface area contributed by atoms with Crippen molar-refractivity contribution in [2.24, 2.45) is 0 Å². The molecule has 3 rings (SSSR count). The van der Waals surface area contributed by atoms with Gasteiger partial charge in [-0.25, -0.2) is 4.39 Å². The van der Waals surface area contributed by atoms with E-state index in [0.717, 1.165) is 11.5 Å². The topological polar surface area (TPSA) is 41.6 Å². The van der Waals surface area contributed by atoms with E-state index in [1.54, 1.807) is 17.8 Å². The van der Waals surface area contributed by atoms with E-state index in [-0.39, 0.29) is 11.7 Å². The van der Waals surface area contributed by atoms with Crippen molar-refractivity contribution in [3.05, 3.63) is 71.5 Å². The van der Waals surface area contributed by atoms with Gasteiger partial charge in [-0.05, 0) is 23.3 Å². The summed E-state index contributed by atoms with van der Waals surface area (Å²) < 4.78 is 19.1. The highest BCUT2D eigenvalue weighted by molar-refractivity contribution is 7.98. The third kappa shape index (κ3) is 6.06. The Kier molecular flexibility index (Phi) is 7.68. The molecule has 0 spiro atoms. The molecule has 1 atom stereocenters. The van der Waals surface area contributed by atoms with Crippen molar-refractivity contribution in [1.82, 2.24) is 10.2 Å².